The van der Waals surface area contributed by atoms with Gasteiger partial charge >= 0.3 is 0 Å². The van der Waals surface area contributed by atoms with Crippen LogP contribution in [0, 0.1) is 6.92 Å². The van der Waals surface area contributed by atoms with Crippen LogP contribution < -0.4 is 10.2 Å². The zero-order valence-electron chi connectivity index (χ0n) is 13.0. The third-order valence-electron chi connectivity index (χ3n) is 3.08. The summed E-state index contributed by atoms with van der Waals surface area (Å²) in [6.45, 7) is 3.57. The van der Waals surface area contributed by atoms with E-state index in [0.717, 1.165) is 11.5 Å². The molecule has 0 saturated heterocycles. The molecule has 0 atom stereocenters. The van der Waals surface area contributed by atoms with Crippen molar-refractivity contribution in [3.05, 3.63) is 41.8 Å². The van der Waals surface area contributed by atoms with Gasteiger partial charge < -0.3 is 19.6 Å². The average molecular weight is 302 g/mol. The Kier molecular flexibility index (Phi) is 4.77. The van der Waals surface area contributed by atoms with Crippen molar-refractivity contribution >= 4 is 23.1 Å². The van der Waals surface area contributed by atoms with Gasteiger partial charge in [-0.1, -0.05) is 10.3 Å². The van der Waals surface area contributed by atoms with E-state index in [9.17, 15) is 4.79 Å². The standard InChI is InChI=1S/C15H18N4O3/c1-10-9-14(18-22-10)15(20)16-12-5-7-13(8-6-12)19(3)11(2)17-21-4/h5-9H,1-4H3,(H,16,20). The van der Waals surface area contributed by atoms with E-state index in [2.05, 4.69) is 15.6 Å². The van der Waals surface area contributed by atoms with Crippen molar-refractivity contribution in [3.8, 4) is 0 Å². The first-order valence-electron chi connectivity index (χ1n) is 6.67. The van der Waals surface area contributed by atoms with Crippen LogP contribution in [-0.2, 0) is 4.84 Å². The van der Waals surface area contributed by atoms with E-state index in [1.807, 2.05) is 31.0 Å². The molecule has 0 radical (unpaired) electrons. The molecule has 0 aliphatic rings. The lowest BCUT2D eigenvalue weighted by Crippen LogP contribution is -2.23. The lowest BCUT2D eigenvalue weighted by atomic mass is 10.2. The molecule has 0 fully saturated rings. The second-order valence-corrected chi connectivity index (χ2v) is 4.70. The number of amides is 1. The number of carbonyl (C=O) groups is 1. The third kappa shape index (κ3) is 3.63. The number of rotatable bonds is 4. The van der Waals surface area contributed by atoms with Crippen molar-refractivity contribution in [2.75, 3.05) is 24.4 Å². The molecule has 22 heavy (non-hydrogen) atoms. The van der Waals surface area contributed by atoms with Gasteiger partial charge in [-0.2, -0.15) is 0 Å². The molecule has 7 nitrogen and oxygen atoms in total. The highest BCUT2D eigenvalue weighted by molar-refractivity contribution is 6.03. The molecule has 1 amide bonds. The summed E-state index contributed by atoms with van der Waals surface area (Å²) in [5.74, 6) is 1.00. The quantitative estimate of drug-likeness (QED) is 0.533. The minimum atomic E-state index is -0.310. The number of nitrogens with zero attached hydrogens (tertiary/aromatic N) is 3. The SMILES string of the molecule is CON=C(C)N(C)c1ccc(NC(=O)c2cc(C)on2)cc1. The molecule has 0 unspecified atom stereocenters. The monoisotopic (exact) mass is 302 g/mol. The Balaban J connectivity index is 2.06. The molecule has 0 aliphatic carbocycles. The molecule has 1 aromatic carbocycles. The highest BCUT2D eigenvalue weighted by Crippen LogP contribution is 2.18. The maximum absolute atomic E-state index is 12.0. The zero-order valence-corrected chi connectivity index (χ0v) is 13.0. The number of benzene rings is 1. The van der Waals surface area contributed by atoms with Crippen molar-refractivity contribution < 1.29 is 14.2 Å². The fourth-order valence-electron chi connectivity index (χ4n) is 1.82. The number of oxime groups is 1. The third-order valence-corrected chi connectivity index (χ3v) is 3.08. The van der Waals surface area contributed by atoms with Crippen LogP contribution in [-0.4, -0.2) is 31.1 Å². The smallest absolute Gasteiger partial charge is 0.277 e. The van der Waals surface area contributed by atoms with E-state index in [0.29, 0.717) is 11.4 Å². The summed E-state index contributed by atoms with van der Waals surface area (Å²) in [6, 6.07) is 8.94. The number of anilines is 2. The van der Waals surface area contributed by atoms with Crippen molar-refractivity contribution in [1.29, 1.82) is 0 Å². The van der Waals surface area contributed by atoms with Crippen LogP contribution >= 0.6 is 0 Å². The Morgan fingerprint density at radius 2 is 2.05 bits per heavy atom. The highest BCUT2D eigenvalue weighted by Gasteiger charge is 2.11. The molecule has 2 rings (SSSR count). The van der Waals surface area contributed by atoms with Gasteiger partial charge in [-0.15, -0.1) is 0 Å². The summed E-state index contributed by atoms with van der Waals surface area (Å²) < 4.78 is 4.88. The topological polar surface area (TPSA) is 80.0 Å². The number of amidine groups is 1. The van der Waals surface area contributed by atoms with Gasteiger partial charge in [0.25, 0.3) is 5.91 Å². The fourth-order valence-corrected chi connectivity index (χ4v) is 1.82. The molecular weight excluding hydrogens is 284 g/mol. The van der Waals surface area contributed by atoms with Gasteiger partial charge in [0.2, 0.25) is 0 Å². The molecule has 116 valence electrons. The first-order chi connectivity index (χ1) is 10.5. The maximum atomic E-state index is 12.0. The summed E-state index contributed by atoms with van der Waals surface area (Å²) in [6.07, 6.45) is 0. The summed E-state index contributed by atoms with van der Waals surface area (Å²) in [5.41, 5.74) is 1.85. The van der Waals surface area contributed by atoms with Gasteiger partial charge in [-0.25, -0.2) is 0 Å². The molecule has 0 spiro atoms. The second kappa shape index (κ2) is 6.75. The van der Waals surface area contributed by atoms with Gasteiger partial charge in [0.05, 0.1) is 0 Å². The summed E-state index contributed by atoms with van der Waals surface area (Å²) in [7, 11) is 3.38. The van der Waals surface area contributed by atoms with Crippen LogP contribution in [0.4, 0.5) is 11.4 Å². The Morgan fingerprint density at radius 3 is 2.59 bits per heavy atom. The average Bonchev–Trinajstić information content (AvgIpc) is 2.94. The number of hydrogen-bond acceptors (Lipinski definition) is 5. The molecule has 0 aliphatic heterocycles. The van der Waals surface area contributed by atoms with Crippen LogP contribution in [0.25, 0.3) is 0 Å². The minimum absolute atomic E-state index is 0.252. The van der Waals surface area contributed by atoms with E-state index in [-0.39, 0.29) is 11.6 Å². The van der Waals surface area contributed by atoms with E-state index in [1.165, 1.54) is 7.11 Å². The lowest BCUT2D eigenvalue weighted by molar-refractivity contribution is 0.101. The van der Waals surface area contributed by atoms with Crippen LogP contribution in [0.3, 0.4) is 0 Å². The van der Waals surface area contributed by atoms with Crippen molar-refractivity contribution in [2.24, 2.45) is 5.16 Å². The molecule has 1 N–H and O–H groups in total. The summed E-state index contributed by atoms with van der Waals surface area (Å²) in [5, 5.41) is 10.3. The van der Waals surface area contributed by atoms with Gasteiger partial charge in [-0.3, -0.25) is 4.79 Å². The maximum Gasteiger partial charge on any atom is 0.277 e. The number of aryl methyl sites for hydroxylation is 1. The molecule has 0 bridgehead atoms. The lowest BCUT2D eigenvalue weighted by Gasteiger charge is -2.18. The largest absolute Gasteiger partial charge is 0.398 e. The van der Waals surface area contributed by atoms with Crippen molar-refractivity contribution in [2.45, 2.75) is 13.8 Å². The Bertz CT molecular complexity index is 676. The van der Waals surface area contributed by atoms with Crippen molar-refractivity contribution in [1.82, 2.24) is 5.16 Å². The van der Waals surface area contributed by atoms with Crippen LogP contribution in [0.1, 0.15) is 23.2 Å². The highest BCUT2D eigenvalue weighted by atomic mass is 16.6. The van der Waals surface area contributed by atoms with Crippen LogP contribution in [0.5, 0.6) is 0 Å². The number of aromatic nitrogens is 1. The number of carbonyl (C=O) groups excluding carboxylic acids is 1. The Hall–Kier alpha value is -2.83. The zero-order chi connectivity index (χ0) is 16.1. The first kappa shape index (κ1) is 15.6. The predicted molar refractivity (Wildman–Crippen MR) is 84.2 cm³/mol. The van der Waals surface area contributed by atoms with E-state index in [4.69, 9.17) is 9.36 Å². The molecule has 0 saturated carbocycles. The van der Waals surface area contributed by atoms with E-state index < -0.39 is 0 Å². The molecular formula is C15H18N4O3. The van der Waals surface area contributed by atoms with Crippen LogP contribution in [0.2, 0.25) is 0 Å². The predicted octanol–water partition coefficient (Wildman–Crippen LogP) is 2.65. The normalized spacial score (nSPS) is 11.2. The Labute approximate surface area is 128 Å². The van der Waals surface area contributed by atoms with Gasteiger partial charge in [-0.05, 0) is 38.1 Å². The van der Waals surface area contributed by atoms with Gasteiger partial charge in [0.1, 0.15) is 18.7 Å². The minimum Gasteiger partial charge on any atom is -0.398 e. The number of hydrogen-bond donors (Lipinski definition) is 1. The fraction of sp³-hybridized carbons (Fsp3) is 0.267. The van der Waals surface area contributed by atoms with Gasteiger partial charge in [0.15, 0.2) is 5.69 Å². The molecule has 7 heteroatoms. The molecule has 1 heterocycles. The van der Waals surface area contributed by atoms with Gasteiger partial charge in [0, 0.05) is 24.5 Å². The number of nitrogens with one attached hydrogen (secondary N) is 1. The van der Waals surface area contributed by atoms with Crippen LogP contribution in [0.15, 0.2) is 40.0 Å². The summed E-state index contributed by atoms with van der Waals surface area (Å²) in [4.78, 5) is 18.6. The second-order valence-electron chi connectivity index (χ2n) is 4.70. The first-order valence-corrected chi connectivity index (χ1v) is 6.67. The Morgan fingerprint density at radius 1 is 1.36 bits per heavy atom. The molecule has 1 aromatic heterocycles. The van der Waals surface area contributed by atoms with E-state index >= 15 is 0 Å². The molecule has 2 aromatic rings. The summed E-state index contributed by atoms with van der Waals surface area (Å²) >= 11 is 0. The van der Waals surface area contributed by atoms with E-state index in [1.54, 1.807) is 25.1 Å². The van der Waals surface area contributed by atoms with Crippen molar-refractivity contribution in [3.63, 3.8) is 0 Å².